The molecule has 2 N–H and O–H groups in total. The molecule has 1 aromatic carbocycles. The Morgan fingerprint density at radius 2 is 2.12 bits per heavy atom. The lowest BCUT2D eigenvalue weighted by molar-refractivity contribution is -0.157. The monoisotopic (exact) mass is 341 g/mol. The zero-order chi connectivity index (χ0) is 17.4. The summed E-state index contributed by atoms with van der Waals surface area (Å²) in [6.45, 7) is 1.42. The van der Waals surface area contributed by atoms with Gasteiger partial charge in [-0.15, -0.1) is 0 Å². The van der Waals surface area contributed by atoms with Gasteiger partial charge in [0, 0.05) is 31.2 Å². The van der Waals surface area contributed by atoms with E-state index in [0.717, 1.165) is 5.56 Å². The summed E-state index contributed by atoms with van der Waals surface area (Å²) in [5.41, 5.74) is 1.09. The molecule has 2 aliphatic heterocycles. The molecule has 7 nitrogen and oxygen atoms in total. The summed E-state index contributed by atoms with van der Waals surface area (Å²) in [6.07, 6.45) is 0.440. The number of carbonyl (C=O) groups excluding carboxylic acids is 1. The van der Waals surface area contributed by atoms with Crippen LogP contribution in [-0.4, -0.2) is 58.4 Å². The molecule has 1 aromatic heterocycles. The Balaban J connectivity index is 1.56. The predicted octanol–water partition coefficient (Wildman–Crippen LogP) is 1.64. The molecule has 0 radical (unpaired) electrons. The number of aromatic nitrogens is 2. The Bertz CT molecular complexity index is 804. The fourth-order valence-electron chi connectivity index (χ4n) is 3.81. The van der Waals surface area contributed by atoms with E-state index in [9.17, 15) is 14.7 Å². The van der Waals surface area contributed by atoms with E-state index in [0.29, 0.717) is 37.6 Å². The average molecular weight is 341 g/mol. The van der Waals surface area contributed by atoms with Gasteiger partial charge in [-0.25, -0.2) is 0 Å². The first kappa shape index (κ1) is 15.8. The summed E-state index contributed by atoms with van der Waals surface area (Å²) >= 11 is 0. The SMILES string of the molecule is O=C(c1cc(-c2ccccc2)n[nH]1)N1C[C@H]2COCC[C@@]2(C(=O)O)C1. The van der Waals surface area contributed by atoms with Gasteiger partial charge >= 0.3 is 5.97 Å². The summed E-state index contributed by atoms with van der Waals surface area (Å²) in [6, 6.07) is 11.3. The van der Waals surface area contributed by atoms with Crippen LogP contribution in [0.4, 0.5) is 0 Å². The Kier molecular flexibility index (Phi) is 3.80. The molecule has 0 unspecified atom stereocenters. The zero-order valence-electron chi connectivity index (χ0n) is 13.6. The third-order valence-electron chi connectivity index (χ3n) is 5.30. The van der Waals surface area contributed by atoms with Crippen LogP contribution in [-0.2, 0) is 9.53 Å². The molecule has 2 saturated heterocycles. The number of nitrogens with zero attached hydrogens (tertiary/aromatic N) is 2. The van der Waals surface area contributed by atoms with E-state index in [1.54, 1.807) is 11.0 Å². The van der Waals surface area contributed by atoms with Crippen molar-refractivity contribution in [3.63, 3.8) is 0 Å². The summed E-state index contributed by atoms with van der Waals surface area (Å²) in [5, 5.41) is 16.7. The van der Waals surface area contributed by atoms with E-state index >= 15 is 0 Å². The highest BCUT2D eigenvalue weighted by molar-refractivity contribution is 5.94. The Morgan fingerprint density at radius 3 is 2.84 bits per heavy atom. The first-order chi connectivity index (χ1) is 12.1. The Hall–Kier alpha value is -2.67. The average Bonchev–Trinajstić information content (AvgIpc) is 3.27. The third kappa shape index (κ3) is 2.60. The minimum Gasteiger partial charge on any atom is -0.481 e. The normalized spacial score (nSPS) is 25.6. The predicted molar refractivity (Wildman–Crippen MR) is 88.9 cm³/mol. The molecular formula is C18H19N3O4. The number of likely N-dealkylation sites (tertiary alicyclic amines) is 1. The second kappa shape index (κ2) is 6.00. The van der Waals surface area contributed by atoms with Gasteiger partial charge in [0.2, 0.25) is 0 Å². The number of benzene rings is 1. The number of aliphatic carboxylic acids is 1. The van der Waals surface area contributed by atoms with Crippen molar-refractivity contribution < 1.29 is 19.4 Å². The van der Waals surface area contributed by atoms with Gasteiger partial charge < -0.3 is 14.7 Å². The molecular weight excluding hydrogens is 322 g/mol. The van der Waals surface area contributed by atoms with Crippen LogP contribution < -0.4 is 0 Å². The highest BCUT2D eigenvalue weighted by Crippen LogP contribution is 2.42. The van der Waals surface area contributed by atoms with Crippen molar-refractivity contribution in [2.24, 2.45) is 11.3 Å². The summed E-state index contributed by atoms with van der Waals surface area (Å²) in [4.78, 5) is 26.3. The summed E-state index contributed by atoms with van der Waals surface area (Å²) in [7, 11) is 0. The number of H-pyrrole nitrogens is 1. The number of ether oxygens (including phenoxy) is 1. The molecule has 4 rings (SSSR count). The second-order valence-corrected chi connectivity index (χ2v) is 6.70. The topological polar surface area (TPSA) is 95.5 Å². The molecule has 2 aliphatic rings. The maximum Gasteiger partial charge on any atom is 0.311 e. The number of hydrogen-bond acceptors (Lipinski definition) is 4. The lowest BCUT2D eigenvalue weighted by Crippen LogP contribution is -2.45. The first-order valence-electron chi connectivity index (χ1n) is 8.31. The molecule has 3 heterocycles. The van der Waals surface area contributed by atoms with Crippen LogP contribution in [0.2, 0.25) is 0 Å². The van der Waals surface area contributed by atoms with Crippen LogP contribution >= 0.6 is 0 Å². The van der Waals surface area contributed by atoms with Gasteiger partial charge in [-0.05, 0) is 12.5 Å². The van der Waals surface area contributed by atoms with E-state index in [-0.39, 0.29) is 18.4 Å². The van der Waals surface area contributed by atoms with Gasteiger partial charge in [-0.2, -0.15) is 5.10 Å². The number of rotatable bonds is 3. The van der Waals surface area contributed by atoms with Crippen LogP contribution in [0.3, 0.4) is 0 Å². The largest absolute Gasteiger partial charge is 0.481 e. The van der Waals surface area contributed by atoms with Gasteiger partial charge in [0.15, 0.2) is 0 Å². The van der Waals surface area contributed by atoms with Gasteiger partial charge in [0.25, 0.3) is 5.91 Å². The molecule has 7 heteroatoms. The molecule has 25 heavy (non-hydrogen) atoms. The first-order valence-corrected chi connectivity index (χ1v) is 8.31. The van der Waals surface area contributed by atoms with E-state index < -0.39 is 11.4 Å². The lowest BCUT2D eigenvalue weighted by Gasteiger charge is -2.33. The number of carboxylic acid groups (broad SMARTS) is 1. The second-order valence-electron chi connectivity index (χ2n) is 6.70. The number of carboxylic acids is 1. The zero-order valence-corrected chi connectivity index (χ0v) is 13.6. The third-order valence-corrected chi connectivity index (χ3v) is 5.30. The minimum absolute atomic E-state index is 0.167. The van der Waals surface area contributed by atoms with Crippen molar-refractivity contribution >= 4 is 11.9 Å². The lowest BCUT2D eigenvalue weighted by atomic mass is 9.74. The fourth-order valence-corrected chi connectivity index (χ4v) is 3.81. The molecule has 2 atom stereocenters. The van der Waals surface area contributed by atoms with E-state index in [1.807, 2.05) is 30.3 Å². The highest BCUT2D eigenvalue weighted by Gasteiger charge is 2.55. The number of carbonyl (C=O) groups is 2. The standard InChI is InChI=1S/C18H19N3O4/c22-16(15-8-14(19-20-15)12-4-2-1-3-5-12)21-9-13-10-25-7-6-18(13,11-21)17(23)24/h1-5,8,13H,6-7,9-11H2,(H,19,20)(H,23,24)/t13-,18+/m0/s1. The quantitative estimate of drug-likeness (QED) is 0.885. The molecule has 0 spiro atoms. The number of nitrogens with one attached hydrogen (secondary N) is 1. The summed E-state index contributed by atoms with van der Waals surface area (Å²) < 4.78 is 5.43. The van der Waals surface area contributed by atoms with E-state index in [4.69, 9.17) is 4.74 Å². The van der Waals surface area contributed by atoms with Crippen LogP contribution in [0.5, 0.6) is 0 Å². The van der Waals surface area contributed by atoms with E-state index in [1.165, 1.54) is 0 Å². The fraction of sp³-hybridized carbons (Fsp3) is 0.389. The Labute approximate surface area is 144 Å². The molecule has 0 saturated carbocycles. The number of amides is 1. The van der Waals surface area contributed by atoms with Gasteiger partial charge in [0.05, 0.1) is 17.7 Å². The maximum absolute atomic E-state index is 12.8. The van der Waals surface area contributed by atoms with Crippen molar-refractivity contribution in [2.45, 2.75) is 6.42 Å². The van der Waals surface area contributed by atoms with Crippen LogP contribution in [0.15, 0.2) is 36.4 Å². The van der Waals surface area contributed by atoms with Crippen molar-refractivity contribution in [3.8, 4) is 11.3 Å². The molecule has 0 bridgehead atoms. The van der Waals surface area contributed by atoms with Gasteiger partial charge in [0.1, 0.15) is 5.69 Å². The highest BCUT2D eigenvalue weighted by atomic mass is 16.5. The van der Waals surface area contributed by atoms with Gasteiger partial charge in [-0.3, -0.25) is 14.7 Å². The molecule has 2 fully saturated rings. The Morgan fingerprint density at radius 1 is 1.32 bits per heavy atom. The minimum atomic E-state index is -0.893. The van der Waals surface area contributed by atoms with Crippen molar-refractivity contribution in [3.05, 3.63) is 42.1 Å². The van der Waals surface area contributed by atoms with Gasteiger partial charge in [-0.1, -0.05) is 30.3 Å². The number of aromatic amines is 1. The van der Waals surface area contributed by atoms with Crippen molar-refractivity contribution in [1.29, 1.82) is 0 Å². The molecule has 130 valence electrons. The van der Waals surface area contributed by atoms with Crippen LogP contribution in [0.25, 0.3) is 11.3 Å². The molecule has 2 aromatic rings. The van der Waals surface area contributed by atoms with Crippen LogP contribution in [0, 0.1) is 11.3 Å². The van der Waals surface area contributed by atoms with E-state index in [2.05, 4.69) is 10.2 Å². The number of fused-ring (bicyclic) bond motifs is 1. The van der Waals surface area contributed by atoms with Crippen molar-refractivity contribution in [2.75, 3.05) is 26.3 Å². The summed E-state index contributed by atoms with van der Waals surface area (Å²) in [5.74, 6) is -1.23. The van der Waals surface area contributed by atoms with Crippen LogP contribution in [0.1, 0.15) is 16.9 Å². The maximum atomic E-state index is 12.8. The smallest absolute Gasteiger partial charge is 0.311 e. The number of hydrogen-bond donors (Lipinski definition) is 2. The molecule has 0 aliphatic carbocycles. The van der Waals surface area contributed by atoms with Crippen molar-refractivity contribution in [1.82, 2.24) is 15.1 Å². The molecule has 1 amide bonds.